The van der Waals surface area contributed by atoms with Crippen molar-refractivity contribution in [3.8, 4) is 85.0 Å². The van der Waals surface area contributed by atoms with E-state index < -0.39 is 11.7 Å². The van der Waals surface area contributed by atoms with Gasteiger partial charge in [-0.2, -0.15) is 18.4 Å². The summed E-state index contributed by atoms with van der Waals surface area (Å²) in [5.74, 6) is 1.07. The van der Waals surface area contributed by atoms with Gasteiger partial charge in [-0.15, -0.1) is 0 Å². The first-order valence-electron chi connectivity index (χ1n) is 24.5. The molecule has 0 bridgehead atoms. The van der Waals surface area contributed by atoms with Crippen molar-refractivity contribution in [2.45, 2.75) is 6.18 Å². The van der Waals surface area contributed by atoms with Gasteiger partial charge < -0.3 is 9.13 Å². The van der Waals surface area contributed by atoms with Crippen molar-refractivity contribution in [1.29, 1.82) is 5.26 Å². The Morgan fingerprint density at radius 3 is 1.57 bits per heavy atom. The van der Waals surface area contributed by atoms with Crippen LogP contribution in [0, 0.1) is 17.9 Å². The van der Waals surface area contributed by atoms with Gasteiger partial charge in [-0.3, -0.25) is 0 Å². The van der Waals surface area contributed by atoms with E-state index in [1.807, 2.05) is 187 Å². The van der Waals surface area contributed by atoms with Gasteiger partial charge >= 0.3 is 6.18 Å². The number of alkyl halides is 3. The molecule has 13 aromatic rings. The third-order valence-corrected chi connectivity index (χ3v) is 14.1. The normalized spacial score (nSPS) is 11.6. The first-order chi connectivity index (χ1) is 37.2. The van der Waals surface area contributed by atoms with Crippen molar-refractivity contribution in [2.24, 2.45) is 0 Å². The van der Waals surface area contributed by atoms with Gasteiger partial charge in [-0.05, 0) is 107 Å². The van der Waals surface area contributed by atoms with Gasteiger partial charge in [0.15, 0.2) is 23.2 Å². The molecule has 10 heteroatoms. The molecule has 0 amide bonds. The average Bonchev–Trinajstić information content (AvgIpc) is 4.01. The summed E-state index contributed by atoms with van der Waals surface area (Å²) >= 11 is 0. The van der Waals surface area contributed by atoms with Gasteiger partial charge in [0.1, 0.15) is 0 Å². The fourth-order valence-corrected chi connectivity index (χ4v) is 10.6. The molecule has 0 aliphatic rings. The topological polar surface area (TPSA) is 76.7 Å². The van der Waals surface area contributed by atoms with Gasteiger partial charge in [-0.1, -0.05) is 152 Å². The lowest BCUT2D eigenvalue weighted by atomic mass is 9.94. The van der Waals surface area contributed by atoms with Crippen LogP contribution in [0.1, 0.15) is 11.1 Å². The number of nitriles is 1. The Bertz CT molecular complexity index is 4480. The van der Waals surface area contributed by atoms with Crippen LogP contribution in [-0.2, 0) is 6.18 Å². The molecule has 0 aliphatic heterocycles. The molecule has 0 aliphatic carbocycles. The van der Waals surface area contributed by atoms with Crippen LogP contribution in [0.5, 0.6) is 0 Å². The molecule has 0 unspecified atom stereocenters. The van der Waals surface area contributed by atoms with Gasteiger partial charge in [0.05, 0.1) is 51.5 Å². The molecule has 3 heterocycles. The van der Waals surface area contributed by atoms with E-state index in [9.17, 15) is 5.26 Å². The molecule has 10 aromatic carbocycles. The van der Waals surface area contributed by atoms with Crippen LogP contribution >= 0.6 is 0 Å². The van der Waals surface area contributed by atoms with E-state index in [4.69, 9.17) is 21.5 Å². The second kappa shape index (κ2) is 18.3. The lowest BCUT2D eigenvalue weighted by Gasteiger charge is -2.20. The van der Waals surface area contributed by atoms with Crippen LogP contribution in [-0.4, -0.2) is 24.1 Å². The number of benzene rings is 10. The number of rotatable bonds is 8. The van der Waals surface area contributed by atoms with E-state index in [1.54, 1.807) is 18.2 Å². The van der Waals surface area contributed by atoms with Crippen LogP contribution in [0.4, 0.5) is 18.9 Å². The molecule has 7 nitrogen and oxygen atoms in total. The highest BCUT2D eigenvalue weighted by molar-refractivity contribution is 6.12. The quantitative estimate of drug-likeness (QED) is 0.142. The Balaban J connectivity index is 1.12. The minimum atomic E-state index is -4.71. The predicted molar refractivity (Wildman–Crippen MR) is 297 cm³/mol. The highest BCUT2D eigenvalue weighted by Gasteiger charge is 2.33. The lowest BCUT2D eigenvalue weighted by Crippen LogP contribution is -2.08. The van der Waals surface area contributed by atoms with Crippen LogP contribution in [0.15, 0.2) is 231 Å². The van der Waals surface area contributed by atoms with Crippen LogP contribution in [0.25, 0.3) is 127 Å². The maximum absolute atomic E-state index is 15.4. The maximum atomic E-state index is 15.4. The maximum Gasteiger partial charge on any atom is 0.416 e. The molecule has 0 atom stereocenters. The Labute approximate surface area is 434 Å². The van der Waals surface area contributed by atoms with Crippen molar-refractivity contribution < 1.29 is 13.2 Å². The largest absolute Gasteiger partial charge is 0.416 e. The summed E-state index contributed by atoms with van der Waals surface area (Å²) in [6, 6.07) is 74.3. The van der Waals surface area contributed by atoms with Gasteiger partial charge in [0.2, 0.25) is 0 Å². The fourth-order valence-electron chi connectivity index (χ4n) is 10.6. The molecule has 0 spiro atoms. The summed E-state index contributed by atoms with van der Waals surface area (Å²) in [4.78, 5) is 19.1. The van der Waals surface area contributed by atoms with Gasteiger partial charge in [0.25, 0.3) is 0 Å². The highest BCUT2D eigenvalue weighted by atomic mass is 19.4. The third kappa shape index (κ3) is 7.72. The molecule has 76 heavy (non-hydrogen) atoms. The number of nitrogens with zero attached hydrogens (tertiary/aromatic N) is 7. The Hall–Kier alpha value is -10.4. The zero-order valence-corrected chi connectivity index (χ0v) is 40.2. The predicted octanol–water partition coefficient (Wildman–Crippen LogP) is 17.5. The molecule has 0 N–H and O–H groups in total. The smallest absolute Gasteiger partial charge is 0.309 e. The summed E-state index contributed by atoms with van der Waals surface area (Å²) in [6.07, 6.45) is -4.71. The standard InChI is InChI=1S/C66H38F3N7/c1-71-57-25-13-10-22-49(57)44-29-34-61-55(37-44)51-24-12-15-27-59(51)76(61)62-35-30-46(66(67,68)69)38-56(62)53-39-47(31-32-52(53)65-73-63(41-16-4-2-5-17-41)72-64(74-65)42-18-6-3-7-19-42)75-58-26-14-11-23-50(58)54-36-43(28-33-60(54)75)48-21-9-8-20-45(48)40-70/h2-39H. The van der Waals surface area contributed by atoms with Crippen molar-refractivity contribution >= 4 is 49.3 Å². The van der Waals surface area contributed by atoms with Crippen molar-refractivity contribution in [1.82, 2.24) is 24.1 Å². The average molecular weight is 986 g/mol. The second-order valence-corrected chi connectivity index (χ2v) is 18.5. The summed E-state index contributed by atoms with van der Waals surface area (Å²) in [5.41, 5.74) is 10.7. The fraction of sp³-hybridized carbons (Fsp3) is 0.0152. The van der Waals surface area contributed by atoms with E-state index in [0.717, 1.165) is 83.1 Å². The minimum absolute atomic E-state index is 0.269. The molecular formula is C66H38F3N7. The van der Waals surface area contributed by atoms with Crippen molar-refractivity contribution in [2.75, 3.05) is 0 Å². The van der Waals surface area contributed by atoms with E-state index in [-0.39, 0.29) is 11.4 Å². The lowest BCUT2D eigenvalue weighted by molar-refractivity contribution is -0.137. The molecule has 3 aromatic heterocycles. The Kier molecular flexibility index (Phi) is 10.9. The molecule has 358 valence electrons. The molecule has 0 saturated carbocycles. The number of hydrogen-bond donors (Lipinski definition) is 0. The van der Waals surface area contributed by atoms with Crippen molar-refractivity contribution in [3.05, 3.63) is 253 Å². The van der Waals surface area contributed by atoms with Gasteiger partial charge in [0, 0.05) is 49.5 Å². The number of para-hydroxylation sites is 3. The van der Waals surface area contributed by atoms with Crippen LogP contribution in [0.3, 0.4) is 0 Å². The molecular weight excluding hydrogens is 948 g/mol. The third-order valence-electron chi connectivity index (χ3n) is 14.1. The number of fused-ring (bicyclic) bond motifs is 6. The first-order valence-corrected chi connectivity index (χ1v) is 24.5. The van der Waals surface area contributed by atoms with E-state index in [2.05, 4.69) is 33.7 Å². The Morgan fingerprint density at radius 2 is 0.934 bits per heavy atom. The summed E-state index contributed by atoms with van der Waals surface area (Å²) < 4.78 is 50.4. The molecule has 0 saturated heterocycles. The summed E-state index contributed by atoms with van der Waals surface area (Å²) in [5, 5.41) is 13.7. The minimum Gasteiger partial charge on any atom is -0.309 e. The van der Waals surface area contributed by atoms with Crippen molar-refractivity contribution in [3.63, 3.8) is 0 Å². The second-order valence-electron chi connectivity index (χ2n) is 18.5. The zero-order chi connectivity index (χ0) is 51.5. The monoisotopic (exact) mass is 985 g/mol. The van der Waals surface area contributed by atoms with E-state index >= 15 is 13.2 Å². The van der Waals surface area contributed by atoms with E-state index in [0.29, 0.717) is 45.4 Å². The molecule has 0 fully saturated rings. The molecule has 13 rings (SSSR count). The summed E-state index contributed by atoms with van der Waals surface area (Å²) in [6.45, 7) is 7.91. The highest BCUT2D eigenvalue weighted by Crippen LogP contribution is 2.45. The number of hydrogen-bond acceptors (Lipinski definition) is 4. The Morgan fingerprint density at radius 1 is 0.408 bits per heavy atom. The van der Waals surface area contributed by atoms with Crippen LogP contribution in [0.2, 0.25) is 0 Å². The zero-order valence-electron chi connectivity index (χ0n) is 40.2. The SMILES string of the molecule is [C-]#[N+]c1ccccc1-c1ccc2c(c1)c1ccccc1n2-c1ccc(C(F)(F)F)cc1-c1cc(-n2c3ccccc3c3cc(-c4ccccc4C#N)ccc32)ccc1-c1nc(-c2ccccc2)nc(-c2ccccc2)n1. The van der Waals surface area contributed by atoms with Gasteiger partial charge in [-0.25, -0.2) is 19.8 Å². The summed E-state index contributed by atoms with van der Waals surface area (Å²) in [7, 11) is 0. The number of aromatic nitrogens is 5. The molecule has 0 radical (unpaired) electrons. The van der Waals surface area contributed by atoms with E-state index in [1.165, 1.54) is 6.07 Å². The number of halogens is 3. The first kappa shape index (κ1) is 45.4. The van der Waals surface area contributed by atoms with Crippen LogP contribution < -0.4 is 0 Å².